The molecule has 1 aliphatic heterocycles. The molecule has 0 fully saturated rings. The first-order valence-corrected chi connectivity index (χ1v) is 6.84. The van der Waals surface area contributed by atoms with Crippen molar-refractivity contribution in [1.82, 2.24) is 4.98 Å². The summed E-state index contributed by atoms with van der Waals surface area (Å²) >= 11 is 0. The molecule has 0 bridgehead atoms. The molecular formula is C16H15NO3. The minimum Gasteiger partial charge on any atom is -0.454 e. The molecule has 0 spiro atoms. The summed E-state index contributed by atoms with van der Waals surface area (Å²) in [5.41, 5.74) is 3.13. The van der Waals surface area contributed by atoms with Gasteiger partial charge in [-0.25, -0.2) is 0 Å². The summed E-state index contributed by atoms with van der Waals surface area (Å²) in [7, 11) is 0. The normalized spacial score (nSPS) is 20.8. The lowest BCUT2D eigenvalue weighted by Gasteiger charge is -2.19. The van der Waals surface area contributed by atoms with Crippen LogP contribution in [0.25, 0.3) is 0 Å². The second-order valence-electron chi connectivity index (χ2n) is 5.25. The zero-order chi connectivity index (χ0) is 13.5. The largest absolute Gasteiger partial charge is 0.454 e. The minimum atomic E-state index is -0.555. The predicted molar refractivity (Wildman–Crippen MR) is 72.8 cm³/mol. The first-order chi connectivity index (χ1) is 9.83. The van der Waals surface area contributed by atoms with Crippen LogP contribution < -0.4 is 9.47 Å². The molecule has 2 heterocycles. The van der Waals surface area contributed by atoms with Crippen LogP contribution in [0.1, 0.15) is 35.3 Å². The van der Waals surface area contributed by atoms with Gasteiger partial charge in [-0.15, -0.1) is 0 Å². The molecule has 102 valence electrons. The average molecular weight is 269 g/mol. The van der Waals surface area contributed by atoms with Crippen LogP contribution in [0, 0.1) is 0 Å². The van der Waals surface area contributed by atoms with Gasteiger partial charge in [-0.05, 0) is 42.2 Å². The number of aromatic nitrogens is 1. The highest BCUT2D eigenvalue weighted by Gasteiger charge is 2.31. The Morgan fingerprint density at radius 2 is 2.10 bits per heavy atom. The number of nitrogens with zero attached hydrogens (tertiary/aromatic N) is 1. The Hall–Kier alpha value is -2.07. The summed E-state index contributed by atoms with van der Waals surface area (Å²) in [5, 5.41) is 10.7. The number of hydrogen-bond donors (Lipinski definition) is 1. The van der Waals surface area contributed by atoms with Crippen LogP contribution >= 0.6 is 0 Å². The molecule has 20 heavy (non-hydrogen) atoms. The number of hydrogen-bond acceptors (Lipinski definition) is 4. The summed E-state index contributed by atoms with van der Waals surface area (Å²) in [6.07, 6.45) is 3.15. The number of aliphatic hydroxyl groups is 1. The predicted octanol–water partition coefficient (Wildman–Crippen LogP) is 2.57. The third-order valence-corrected chi connectivity index (χ3v) is 4.12. The van der Waals surface area contributed by atoms with Crippen molar-refractivity contribution in [3.8, 4) is 11.5 Å². The van der Waals surface area contributed by atoms with Gasteiger partial charge in [-0.1, -0.05) is 12.1 Å². The van der Waals surface area contributed by atoms with Crippen molar-refractivity contribution in [2.75, 3.05) is 6.79 Å². The van der Waals surface area contributed by atoms with Gasteiger partial charge in [0.05, 0.1) is 6.10 Å². The van der Waals surface area contributed by atoms with E-state index in [0.717, 1.165) is 29.8 Å². The Morgan fingerprint density at radius 1 is 1.20 bits per heavy atom. The minimum absolute atomic E-state index is 0.0616. The van der Waals surface area contributed by atoms with E-state index in [1.165, 1.54) is 5.56 Å². The molecule has 2 unspecified atom stereocenters. The van der Waals surface area contributed by atoms with E-state index < -0.39 is 6.10 Å². The second-order valence-corrected chi connectivity index (χ2v) is 5.25. The van der Waals surface area contributed by atoms with Gasteiger partial charge in [0.2, 0.25) is 6.79 Å². The fourth-order valence-electron chi connectivity index (χ4n) is 3.08. The van der Waals surface area contributed by atoms with Crippen LogP contribution in [-0.4, -0.2) is 16.9 Å². The van der Waals surface area contributed by atoms with Crippen LogP contribution in [0.4, 0.5) is 0 Å². The number of ether oxygens (including phenoxy) is 2. The third kappa shape index (κ3) is 1.76. The average Bonchev–Trinajstić information content (AvgIpc) is 3.12. The van der Waals surface area contributed by atoms with Crippen molar-refractivity contribution in [2.45, 2.75) is 24.9 Å². The number of aliphatic hydroxyl groups excluding tert-OH is 1. The molecular weight excluding hydrogens is 254 g/mol. The highest BCUT2D eigenvalue weighted by atomic mass is 16.7. The molecule has 4 rings (SSSR count). The van der Waals surface area contributed by atoms with Crippen molar-refractivity contribution < 1.29 is 14.6 Å². The fraction of sp³-hybridized carbons (Fsp3) is 0.312. The fourth-order valence-corrected chi connectivity index (χ4v) is 3.08. The van der Waals surface area contributed by atoms with Crippen LogP contribution in [0.15, 0.2) is 36.5 Å². The van der Waals surface area contributed by atoms with Gasteiger partial charge in [0, 0.05) is 17.8 Å². The first-order valence-electron chi connectivity index (χ1n) is 6.84. The lowest BCUT2D eigenvalue weighted by atomic mass is 9.93. The van der Waals surface area contributed by atoms with Crippen molar-refractivity contribution in [2.24, 2.45) is 0 Å². The molecule has 2 atom stereocenters. The van der Waals surface area contributed by atoms with Crippen LogP contribution in [0.5, 0.6) is 11.5 Å². The Bertz CT molecular complexity index is 656. The number of pyridine rings is 1. The van der Waals surface area contributed by atoms with Crippen molar-refractivity contribution >= 4 is 0 Å². The van der Waals surface area contributed by atoms with Crippen LogP contribution in [0.2, 0.25) is 0 Å². The van der Waals surface area contributed by atoms with Crippen LogP contribution in [-0.2, 0) is 6.42 Å². The van der Waals surface area contributed by atoms with Gasteiger partial charge in [0.15, 0.2) is 11.5 Å². The molecule has 0 amide bonds. The molecule has 1 N–H and O–H groups in total. The van der Waals surface area contributed by atoms with E-state index >= 15 is 0 Å². The molecule has 4 nitrogen and oxygen atoms in total. The highest BCUT2D eigenvalue weighted by molar-refractivity contribution is 5.46. The molecule has 0 saturated carbocycles. The first kappa shape index (κ1) is 11.7. The van der Waals surface area contributed by atoms with Gasteiger partial charge in [-0.2, -0.15) is 0 Å². The Kier molecular flexibility index (Phi) is 2.63. The van der Waals surface area contributed by atoms with Gasteiger partial charge in [0.25, 0.3) is 0 Å². The monoisotopic (exact) mass is 269 g/mol. The highest BCUT2D eigenvalue weighted by Crippen LogP contribution is 2.42. The van der Waals surface area contributed by atoms with Crippen LogP contribution in [0.3, 0.4) is 0 Å². The zero-order valence-electron chi connectivity index (χ0n) is 11.0. The molecule has 2 aliphatic rings. The van der Waals surface area contributed by atoms with E-state index in [1.807, 2.05) is 24.3 Å². The maximum atomic E-state index is 10.7. The number of aryl methyl sites for hydroxylation is 1. The zero-order valence-corrected chi connectivity index (χ0v) is 11.0. The summed E-state index contributed by atoms with van der Waals surface area (Å²) in [4.78, 5) is 4.44. The van der Waals surface area contributed by atoms with Gasteiger partial charge in [-0.3, -0.25) is 4.98 Å². The van der Waals surface area contributed by atoms with E-state index in [0.29, 0.717) is 5.75 Å². The lowest BCUT2D eigenvalue weighted by Crippen LogP contribution is -2.09. The van der Waals surface area contributed by atoms with Gasteiger partial charge >= 0.3 is 0 Å². The van der Waals surface area contributed by atoms with E-state index in [4.69, 9.17) is 9.47 Å². The maximum absolute atomic E-state index is 10.7. The molecule has 0 radical (unpaired) electrons. The Morgan fingerprint density at radius 3 is 3.05 bits per heavy atom. The standard InChI is InChI=1S/C16H15NO3/c18-16(11-4-6-13-14(8-11)20-9-19-13)12-5-3-10-2-1-7-17-15(10)12/h1-2,4,6-8,12,16,18H,3,5,9H2. The molecule has 1 aliphatic carbocycles. The molecule has 2 aromatic rings. The summed E-state index contributed by atoms with van der Waals surface area (Å²) in [5.74, 6) is 1.51. The SMILES string of the molecule is OC(c1ccc2c(c1)OCO2)C1CCc2cccnc21. The van der Waals surface area contributed by atoms with E-state index in [2.05, 4.69) is 11.1 Å². The topological polar surface area (TPSA) is 51.6 Å². The molecule has 1 aromatic carbocycles. The second kappa shape index (κ2) is 4.49. The molecule has 0 saturated heterocycles. The maximum Gasteiger partial charge on any atom is 0.231 e. The number of rotatable bonds is 2. The smallest absolute Gasteiger partial charge is 0.231 e. The van der Waals surface area contributed by atoms with Crippen molar-refractivity contribution in [3.05, 3.63) is 53.3 Å². The summed E-state index contributed by atoms with van der Waals surface area (Å²) < 4.78 is 10.7. The summed E-state index contributed by atoms with van der Waals surface area (Å²) in [6, 6.07) is 9.67. The molecule has 4 heteroatoms. The Labute approximate surface area is 117 Å². The molecule has 1 aromatic heterocycles. The summed E-state index contributed by atoms with van der Waals surface area (Å²) in [6.45, 7) is 0.253. The van der Waals surface area contributed by atoms with E-state index in [-0.39, 0.29) is 12.7 Å². The van der Waals surface area contributed by atoms with Crippen molar-refractivity contribution in [1.29, 1.82) is 0 Å². The van der Waals surface area contributed by atoms with E-state index in [1.54, 1.807) is 6.20 Å². The number of benzene rings is 1. The Balaban J connectivity index is 1.67. The van der Waals surface area contributed by atoms with Gasteiger partial charge < -0.3 is 14.6 Å². The third-order valence-electron chi connectivity index (χ3n) is 4.12. The van der Waals surface area contributed by atoms with Gasteiger partial charge in [0.1, 0.15) is 0 Å². The quantitative estimate of drug-likeness (QED) is 0.910. The van der Waals surface area contributed by atoms with Crippen molar-refractivity contribution in [3.63, 3.8) is 0 Å². The van der Waals surface area contributed by atoms with E-state index in [9.17, 15) is 5.11 Å². The lowest BCUT2D eigenvalue weighted by molar-refractivity contribution is 0.142. The number of fused-ring (bicyclic) bond motifs is 2.